The molecule has 0 radical (unpaired) electrons. The summed E-state index contributed by atoms with van der Waals surface area (Å²) >= 11 is 0. The van der Waals surface area contributed by atoms with E-state index < -0.39 is 22.3 Å². The Balaban J connectivity index is 2.37. The van der Waals surface area contributed by atoms with Crippen LogP contribution >= 0.6 is 0 Å². The highest BCUT2D eigenvalue weighted by molar-refractivity contribution is 5.99. The van der Waals surface area contributed by atoms with E-state index in [1.54, 1.807) is 4.90 Å². The number of anilines is 1. The standard InChI is InChI=1S/C13H17FN4O3/c1-2-8-3-4-17(7-8)13(19)9-5-11(16-15)10(14)6-12(9)18(20)21/h5-6,8,16H,2-4,7,15H2,1H3. The van der Waals surface area contributed by atoms with Gasteiger partial charge in [-0.1, -0.05) is 13.3 Å². The molecule has 114 valence electrons. The van der Waals surface area contributed by atoms with Crippen LogP contribution in [0.4, 0.5) is 15.8 Å². The van der Waals surface area contributed by atoms with E-state index in [1.807, 2.05) is 6.92 Å². The molecule has 0 aliphatic carbocycles. The van der Waals surface area contributed by atoms with Crippen molar-refractivity contribution < 1.29 is 14.1 Å². The second-order valence-electron chi connectivity index (χ2n) is 5.06. The van der Waals surface area contributed by atoms with Crippen molar-refractivity contribution in [2.24, 2.45) is 11.8 Å². The molecular weight excluding hydrogens is 279 g/mol. The summed E-state index contributed by atoms with van der Waals surface area (Å²) in [6, 6.07) is 1.81. The van der Waals surface area contributed by atoms with Crippen LogP contribution in [0.3, 0.4) is 0 Å². The summed E-state index contributed by atoms with van der Waals surface area (Å²) < 4.78 is 13.6. The molecule has 1 amide bonds. The molecule has 1 saturated heterocycles. The molecule has 1 fully saturated rings. The molecule has 1 heterocycles. The predicted molar refractivity (Wildman–Crippen MR) is 75.2 cm³/mol. The summed E-state index contributed by atoms with van der Waals surface area (Å²) in [6.07, 6.45) is 1.82. The zero-order valence-corrected chi connectivity index (χ0v) is 11.6. The van der Waals surface area contributed by atoms with E-state index in [4.69, 9.17) is 5.84 Å². The SMILES string of the molecule is CCC1CCN(C(=O)c2cc(NN)c(F)cc2[N+](=O)[O-])C1. The molecular formula is C13H17FN4O3. The van der Waals surface area contributed by atoms with Crippen molar-refractivity contribution in [3.05, 3.63) is 33.6 Å². The molecule has 1 aromatic rings. The van der Waals surface area contributed by atoms with Crippen LogP contribution in [0.1, 0.15) is 30.1 Å². The number of halogens is 1. The maximum absolute atomic E-state index is 13.6. The highest BCUT2D eigenvalue weighted by atomic mass is 19.1. The molecule has 0 saturated carbocycles. The van der Waals surface area contributed by atoms with Gasteiger partial charge in [0.1, 0.15) is 5.56 Å². The molecule has 0 bridgehead atoms. The van der Waals surface area contributed by atoms with Crippen LogP contribution in [0, 0.1) is 21.8 Å². The smallest absolute Gasteiger partial charge is 0.285 e. The number of nitrogen functional groups attached to an aromatic ring is 1. The Kier molecular flexibility index (Phi) is 4.37. The summed E-state index contributed by atoms with van der Waals surface area (Å²) in [4.78, 5) is 24.3. The number of amides is 1. The van der Waals surface area contributed by atoms with Crippen LogP contribution in [0.2, 0.25) is 0 Å². The monoisotopic (exact) mass is 296 g/mol. The third-order valence-electron chi connectivity index (χ3n) is 3.82. The average Bonchev–Trinajstić information content (AvgIpc) is 2.95. The molecule has 1 atom stereocenters. The number of nitrogens with zero attached hydrogens (tertiary/aromatic N) is 2. The van der Waals surface area contributed by atoms with Crippen molar-refractivity contribution in [1.29, 1.82) is 0 Å². The lowest BCUT2D eigenvalue weighted by molar-refractivity contribution is -0.385. The molecule has 1 aliphatic heterocycles. The Morgan fingerprint density at radius 1 is 1.62 bits per heavy atom. The number of hydrogen-bond acceptors (Lipinski definition) is 5. The Hall–Kier alpha value is -2.22. The van der Waals surface area contributed by atoms with E-state index in [0.29, 0.717) is 19.0 Å². The van der Waals surface area contributed by atoms with E-state index in [2.05, 4.69) is 5.43 Å². The lowest BCUT2D eigenvalue weighted by Crippen LogP contribution is -2.29. The normalized spacial score (nSPS) is 17.9. The summed E-state index contributed by atoms with van der Waals surface area (Å²) in [6.45, 7) is 3.15. The molecule has 0 spiro atoms. The van der Waals surface area contributed by atoms with E-state index in [9.17, 15) is 19.3 Å². The Morgan fingerprint density at radius 2 is 2.33 bits per heavy atom. The first-order valence-electron chi connectivity index (χ1n) is 6.71. The second kappa shape index (κ2) is 6.04. The number of carbonyl (C=O) groups excluding carboxylic acids is 1. The van der Waals surface area contributed by atoms with Gasteiger partial charge >= 0.3 is 0 Å². The summed E-state index contributed by atoms with van der Waals surface area (Å²) in [5.74, 6) is 4.23. The van der Waals surface area contributed by atoms with Gasteiger partial charge in [-0.25, -0.2) is 4.39 Å². The molecule has 1 aromatic carbocycles. The first-order valence-corrected chi connectivity index (χ1v) is 6.71. The summed E-state index contributed by atoms with van der Waals surface area (Å²) in [5.41, 5.74) is 1.26. The van der Waals surface area contributed by atoms with Gasteiger partial charge in [0, 0.05) is 13.1 Å². The lowest BCUT2D eigenvalue weighted by Gasteiger charge is -2.17. The van der Waals surface area contributed by atoms with Crippen LogP contribution in [0.15, 0.2) is 12.1 Å². The third-order valence-corrected chi connectivity index (χ3v) is 3.82. The first-order chi connectivity index (χ1) is 9.97. The fourth-order valence-electron chi connectivity index (χ4n) is 2.52. The molecule has 1 aliphatic rings. The van der Waals surface area contributed by atoms with E-state index in [0.717, 1.165) is 25.0 Å². The van der Waals surface area contributed by atoms with Crippen LogP contribution in [0.25, 0.3) is 0 Å². The molecule has 0 aromatic heterocycles. The molecule has 3 N–H and O–H groups in total. The van der Waals surface area contributed by atoms with Crippen LogP contribution in [-0.4, -0.2) is 28.8 Å². The number of hydrogen-bond donors (Lipinski definition) is 2. The van der Waals surface area contributed by atoms with Gasteiger partial charge < -0.3 is 10.3 Å². The predicted octanol–water partition coefficient (Wildman–Crippen LogP) is 1.89. The van der Waals surface area contributed by atoms with E-state index in [-0.39, 0.29) is 11.3 Å². The fraction of sp³-hybridized carbons (Fsp3) is 0.462. The zero-order chi connectivity index (χ0) is 15.6. The number of rotatable bonds is 4. The van der Waals surface area contributed by atoms with Crippen molar-refractivity contribution in [1.82, 2.24) is 4.90 Å². The molecule has 2 rings (SSSR count). The number of nitrogens with two attached hydrogens (primary N) is 1. The second-order valence-corrected chi connectivity index (χ2v) is 5.06. The number of benzene rings is 1. The molecule has 1 unspecified atom stereocenters. The van der Waals surface area contributed by atoms with Crippen molar-refractivity contribution in [3.8, 4) is 0 Å². The first kappa shape index (κ1) is 15.2. The summed E-state index contributed by atoms with van der Waals surface area (Å²) in [5, 5.41) is 11.0. The number of nitrogens with one attached hydrogen (secondary N) is 1. The van der Waals surface area contributed by atoms with Crippen molar-refractivity contribution in [3.63, 3.8) is 0 Å². The molecule has 7 nitrogen and oxygen atoms in total. The number of hydrazine groups is 1. The van der Waals surface area contributed by atoms with Gasteiger partial charge in [-0.15, -0.1) is 0 Å². The summed E-state index contributed by atoms with van der Waals surface area (Å²) in [7, 11) is 0. The quantitative estimate of drug-likeness (QED) is 0.502. The van der Waals surface area contributed by atoms with Gasteiger partial charge in [0.05, 0.1) is 16.7 Å². The third kappa shape index (κ3) is 2.94. The van der Waals surface area contributed by atoms with Gasteiger partial charge in [0.15, 0.2) is 5.82 Å². The minimum absolute atomic E-state index is 0.143. The number of nitro benzene ring substituents is 1. The van der Waals surface area contributed by atoms with Crippen LogP contribution < -0.4 is 11.3 Å². The number of likely N-dealkylation sites (tertiary alicyclic amines) is 1. The van der Waals surface area contributed by atoms with Gasteiger partial charge in [-0.2, -0.15) is 0 Å². The topological polar surface area (TPSA) is 102 Å². The maximum atomic E-state index is 13.6. The lowest BCUT2D eigenvalue weighted by atomic mass is 10.1. The molecule has 21 heavy (non-hydrogen) atoms. The zero-order valence-electron chi connectivity index (χ0n) is 11.6. The van der Waals surface area contributed by atoms with E-state index in [1.165, 1.54) is 0 Å². The maximum Gasteiger partial charge on any atom is 0.285 e. The molecule has 8 heteroatoms. The Morgan fingerprint density at radius 3 is 2.86 bits per heavy atom. The van der Waals surface area contributed by atoms with Gasteiger partial charge in [0.25, 0.3) is 11.6 Å². The van der Waals surface area contributed by atoms with Crippen molar-refractivity contribution in [2.45, 2.75) is 19.8 Å². The van der Waals surface area contributed by atoms with Crippen molar-refractivity contribution in [2.75, 3.05) is 18.5 Å². The number of nitro groups is 1. The average molecular weight is 296 g/mol. The van der Waals surface area contributed by atoms with Crippen LogP contribution in [-0.2, 0) is 0 Å². The van der Waals surface area contributed by atoms with Gasteiger partial charge in [-0.3, -0.25) is 20.8 Å². The minimum Gasteiger partial charge on any atom is -0.338 e. The van der Waals surface area contributed by atoms with Gasteiger partial charge in [-0.05, 0) is 18.4 Å². The minimum atomic E-state index is -0.867. The Bertz CT molecular complexity index is 579. The fourth-order valence-corrected chi connectivity index (χ4v) is 2.52. The van der Waals surface area contributed by atoms with Crippen LogP contribution in [0.5, 0.6) is 0 Å². The van der Waals surface area contributed by atoms with E-state index >= 15 is 0 Å². The number of carbonyl (C=O) groups is 1. The highest BCUT2D eigenvalue weighted by Gasteiger charge is 2.31. The Labute approximate surface area is 121 Å². The highest BCUT2D eigenvalue weighted by Crippen LogP contribution is 2.29. The van der Waals surface area contributed by atoms with Crippen molar-refractivity contribution >= 4 is 17.3 Å². The van der Waals surface area contributed by atoms with Gasteiger partial charge in [0.2, 0.25) is 0 Å². The largest absolute Gasteiger partial charge is 0.338 e.